The minimum absolute atomic E-state index is 0.432. The van der Waals surface area contributed by atoms with Gasteiger partial charge in [0.1, 0.15) is 0 Å². The summed E-state index contributed by atoms with van der Waals surface area (Å²) in [6.07, 6.45) is 5.18. The lowest BCUT2D eigenvalue weighted by Crippen LogP contribution is -2.02. The van der Waals surface area contributed by atoms with Crippen molar-refractivity contribution < 1.29 is 9.90 Å². The molecule has 0 fully saturated rings. The fourth-order valence-electron chi connectivity index (χ4n) is 1.76. The lowest BCUT2D eigenvalue weighted by molar-refractivity contribution is 0.0695. The van der Waals surface area contributed by atoms with Gasteiger partial charge >= 0.3 is 5.97 Å². The van der Waals surface area contributed by atoms with Crippen molar-refractivity contribution in [3.8, 4) is 0 Å². The van der Waals surface area contributed by atoms with Crippen LogP contribution in [0.25, 0.3) is 0 Å². The molecule has 3 N–H and O–H groups in total. The zero-order chi connectivity index (χ0) is 11.8. The van der Waals surface area contributed by atoms with Crippen molar-refractivity contribution >= 4 is 5.97 Å². The predicted octanol–water partition coefficient (Wildman–Crippen LogP) is 2.45. The van der Waals surface area contributed by atoms with E-state index in [1.54, 1.807) is 12.1 Å². The van der Waals surface area contributed by atoms with E-state index in [4.69, 9.17) is 10.8 Å². The monoisotopic (exact) mass is 221 g/mol. The number of hydrogen-bond acceptors (Lipinski definition) is 2. The molecular weight excluding hydrogens is 202 g/mol. The second-order valence-electron chi connectivity index (χ2n) is 3.92. The Bertz CT molecular complexity index is 336. The number of benzene rings is 1. The molecule has 0 saturated heterocycles. The van der Waals surface area contributed by atoms with Crippen LogP contribution in [0.2, 0.25) is 0 Å². The number of unbranched alkanes of at least 4 members (excludes halogenated alkanes) is 3. The minimum Gasteiger partial charge on any atom is -0.478 e. The van der Waals surface area contributed by atoms with Gasteiger partial charge in [0.15, 0.2) is 0 Å². The van der Waals surface area contributed by atoms with E-state index in [1.807, 2.05) is 12.1 Å². The number of aryl methyl sites for hydroxylation is 1. The third-order valence-electron chi connectivity index (χ3n) is 2.65. The van der Waals surface area contributed by atoms with Gasteiger partial charge in [0.2, 0.25) is 0 Å². The molecule has 0 radical (unpaired) electrons. The molecule has 0 atom stereocenters. The van der Waals surface area contributed by atoms with Crippen molar-refractivity contribution in [1.82, 2.24) is 0 Å². The molecule has 3 heteroatoms. The summed E-state index contributed by atoms with van der Waals surface area (Å²) < 4.78 is 0. The largest absolute Gasteiger partial charge is 0.478 e. The molecule has 0 aliphatic heterocycles. The summed E-state index contributed by atoms with van der Waals surface area (Å²) in [5, 5.41) is 8.99. The summed E-state index contributed by atoms with van der Waals surface area (Å²) >= 11 is 0. The first-order chi connectivity index (χ1) is 7.75. The second kappa shape index (κ2) is 7.01. The maximum atomic E-state index is 10.9. The van der Waals surface area contributed by atoms with Crippen molar-refractivity contribution in [2.45, 2.75) is 32.1 Å². The molecule has 0 aliphatic rings. The molecule has 1 aromatic rings. The third-order valence-corrected chi connectivity index (χ3v) is 2.65. The number of aromatic carboxylic acids is 1. The van der Waals surface area contributed by atoms with Gasteiger partial charge in [-0.05, 0) is 37.4 Å². The van der Waals surface area contributed by atoms with Crippen molar-refractivity contribution in [2.24, 2.45) is 5.73 Å². The maximum Gasteiger partial charge on any atom is 0.335 e. The molecule has 0 aliphatic carbocycles. The molecule has 88 valence electrons. The van der Waals surface area contributed by atoms with Crippen LogP contribution in [0, 0.1) is 0 Å². The van der Waals surface area contributed by atoms with Gasteiger partial charge in [0, 0.05) is 0 Å². The van der Waals surface area contributed by atoms with Crippen molar-refractivity contribution in [1.29, 1.82) is 0 Å². The normalized spacial score (nSPS) is 10.3. The van der Waals surface area contributed by atoms with Crippen LogP contribution in [-0.2, 0) is 6.42 Å². The van der Waals surface area contributed by atoms with Gasteiger partial charge in [0.05, 0.1) is 5.56 Å². The lowest BCUT2D eigenvalue weighted by Gasteiger charge is -2.05. The molecule has 0 amide bonds. The standard InChI is InChI=1S/C13H19NO2/c14-10-6-2-1-3-7-11-8-4-5-9-12(11)13(15)16/h4-5,8-9H,1-3,6-7,10,14H2,(H,15,16). The molecular formula is C13H19NO2. The van der Waals surface area contributed by atoms with E-state index in [-0.39, 0.29) is 0 Å². The van der Waals surface area contributed by atoms with Gasteiger partial charge in [0.25, 0.3) is 0 Å². The highest BCUT2D eigenvalue weighted by atomic mass is 16.4. The highest BCUT2D eigenvalue weighted by Crippen LogP contribution is 2.13. The summed E-state index contributed by atoms with van der Waals surface area (Å²) in [6, 6.07) is 7.22. The highest BCUT2D eigenvalue weighted by Gasteiger charge is 2.07. The van der Waals surface area contributed by atoms with Gasteiger partial charge in [-0.3, -0.25) is 0 Å². The van der Waals surface area contributed by atoms with Crippen molar-refractivity contribution in [2.75, 3.05) is 6.54 Å². The van der Waals surface area contributed by atoms with Crippen LogP contribution in [0.3, 0.4) is 0 Å². The number of carboxylic acid groups (broad SMARTS) is 1. The summed E-state index contributed by atoms with van der Waals surface area (Å²) in [5.41, 5.74) is 6.77. The summed E-state index contributed by atoms with van der Waals surface area (Å²) in [4.78, 5) is 10.9. The van der Waals surface area contributed by atoms with E-state index >= 15 is 0 Å². The third kappa shape index (κ3) is 4.03. The van der Waals surface area contributed by atoms with E-state index in [0.29, 0.717) is 5.56 Å². The molecule has 0 unspecified atom stereocenters. The van der Waals surface area contributed by atoms with Crippen molar-refractivity contribution in [3.63, 3.8) is 0 Å². The van der Waals surface area contributed by atoms with E-state index in [9.17, 15) is 4.79 Å². The van der Waals surface area contributed by atoms with Crippen LogP contribution < -0.4 is 5.73 Å². The predicted molar refractivity (Wildman–Crippen MR) is 64.6 cm³/mol. The highest BCUT2D eigenvalue weighted by molar-refractivity contribution is 5.89. The summed E-state index contributed by atoms with van der Waals surface area (Å²) in [7, 11) is 0. The van der Waals surface area contributed by atoms with Gasteiger partial charge in [-0.15, -0.1) is 0 Å². The molecule has 0 saturated carbocycles. The van der Waals surface area contributed by atoms with Crippen LogP contribution in [0.15, 0.2) is 24.3 Å². The quantitative estimate of drug-likeness (QED) is 0.695. The molecule has 0 bridgehead atoms. The Labute approximate surface area is 96.3 Å². The minimum atomic E-state index is -0.836. The molecule has 16 heavy (non-hydrogen) atoms. The number of rotatable bonds is 7. The maximum absolute atomic E-state index is 10.9. The number of nitrogens with two attached hydrogens (primary N) is 1. The van der Waals surface area contributed by atoms with Crippen LogP contribution in [0.5, 0.6) is 0 Å². The second-order valence-corrected chi connectivity index (χ2v) is 3.92. The zero-order valence-electron chi connectivity index (χ0n) is 9.48. The van der Waals surface area contributed by atoms with Crippen LogP contribution >= 0.6 is 0 Å². The molecule has 1 rings (SSSR count). The first-order valence-electron chi connectivity index (χ1n) is 5.77. The molecule has 0 aromatic heterocycles. The zero-order valence-corrected chi connectivity index (χ0v) is 9.48. The van der Waals surface area contributed by atoms with Gasteiger partial charge < -0.3 is 10.8 Å². The summed E-state index contributed by atoms with van der Waals surface area (Å²) in [5.74, 6) is -0.836. The Morgan fingerprint density at radius 1 is 1.12 bits per heavy atom. The van der Waals surface area contributed by atoms with E-state index in [2.05, 4.69) is 0 Å². The van der Waals surface area contributed by atoms with E-state index in [0.717, 1.165) is 44.2 Å². The SMILES string of the molecule is NCCCCCCc1ccccc1C(=O)O. The van der Waals surface area contributed by atoms with Gasteiger partial charge in [-0.25, -0.2) is 4.79 Å². The number of carbonyl (C=O) groups is 1. The summed E-state index contributed by atoms with van der Waals surface area (Å²) in [6.45, 7) is 0.742. The fraction of sp³-hybridized carbons (Fsp3) is 0.462. The van der Waals surface area contributed by atoms with Crippen LogP contribution in [-0.4, -0.2) is 17.6 Å². The first kappa shape index (κ1) is 12.7. The first-order valence-corrected chi connectivity index (χ1v) is 5.77. The van der Waals surface area contributed by atoms with Crippen LogP contribution in [0.1, 0.15) is 41.6 Å². The number of hydrogen-bond donors (Lipinski definition) is 2. The fourth-order valence-corrected chi connectivity index (χ4v) is 1.76. The Morgan fingerprint density at radius 3 is 2.50 bits per heavy atom. The Hall–Kier alpha value is -1.35. The Kier molecular flexibility index (Phi) is 5.57. The number of carboxylic acids is 1. The molecule has 1 aromatic carbocycles. The van der Waals surface area contributed by atoms with Gasteiger partial charge in [-0.1, -0.05) is 31.0 Å². The molecule has 0 heterocycles. The van der Waals surface area contributed by atoms with E-state index in [1.165, 1.54) is 0 Å². The van der Waals surface area contributed by atoms with Crippen molar-refractivity contribution in [3.05, 3.63) is 35.4 Å². The smallest absolute Gasteiger partial charge is 0.335 e. The lowest BCUT2D eigenvalue weighted by atomic mass is 10.0. The topological polar surface area (TPSA) is 63.3 Å². The molecule has 0 spiro atoms. The average molecular weight is 221 g/mol. The van der Waals surface area contributed by atoms with Crippen LogP contribution in [0.4, 0.5) is 0 Å². The molecule has 3 nitrogen and oxygen atoms in total. The Morgan fingerprint density at radius 2 is 1.81 bits per heavy atom. The van der Waals surface area contributed by atoms with E-state index < -0.39 is 5.97 Å². The Balaban J connectivity index is 2.44. The van der Waals surface area contributed by atoms with Gasteiger partial charge in [-0.2, -0.15) is 0 Å². The average Bonchev–Trinajstić information content (AvgIpc) is 2.29.